The molecule has 2 N–H and O–H groups in total. The van der Waals surface area contributed by atoms with Crippen LogP contribution in [-0.4, -0.2) is 28.0 Å². The number of carbonyl (C=O) groups is 1. The van der Waals surface area contributed by atoms with Gasteiger partial charge in [-0.05, 0) is 36.9 Å². The molecule has 0 aliphatic heterocycles. The number of rotatable bonds is 5. The molecule has 1 atom stereocenters. The monoisotopic (exact) mass is 282 g/mol. The number of carbonyl (C=O) groups excluding carboxylic acids is 1. The molecule has 1 aliphatic rings. The van der Waals surface area contributed by atoms with Gasteiger partial charge in [0.05, 0.1) is 12.6 Å². The molecule has 4 nitrogen and oxygen atoms in total. The minimum Gasteiger partial charge on any atom is -0.394 e. The maximum Gasteiger partial charge on any atom is 0.271 e. The van der Waals surface area contributed by atoms with E-state index in [0.717, 1.165) is 11.3 Å². The van der Waals surface area contributed by atoms with Crippen molar-refractivity contribution in [2.75, 3.05) is 6.61 Å². The van der Waals surface area contributed by atoms with Crippen molar-refractivity contribution >= 4 is 17.4 Å². The zero-order valence-corrected chi connectivity index (χ0v) is 12.2. The SMILES string of the molecule is Cc1cc(C(=O)NC(CO)CC2CCCCC2)ns1. The zero-order chi connectivity index (χ0) is 13.7. The molecule has 106 valence electrons. The number of hydrogen-bond donors (Lipinski definition) is 2. The van der Waals surface area contributed by atoms with Crippen LogP contribution in [0.1, 0.15) is 53.9 Å². The molecule has 1 aliphatic carbocycles. The third-order valence-electron chi connectivity index (χ3n) is 3.76. The van der Waals surface area contributed by atoms with E-state index in [-0.39, 0.29) is 18.6 Å². The predicted octanol–water partition coefficient (Wildman–Crippen LogP) is 2.51. The third kappa shape index (κ3) is 4.28. The highest BCUT2D eigenvalue weighted by Gasteiger charge is 2.21. The summed E-state index contributed by atoms with van der Waals surface area (Å²) < 4.78 is 4.10. The second-order valence-electron chi connectivity index (χ2n) is 5.42. The quantitative estimate of drug-likeness (QED) is 0.872. The van der Waals surface area contributed by atoms with Gasteiger partial charge < -0.3 is 10.4 Å². The van der Waals surface area contributed by atoms with E-state index in [4.69, 9.17) is 0 Å². The highest BCUT2D eigenvalue weighted by Crippen LogP contribution is 2.27. The van der Waals surface area contributed by atoms with Crippen LogP contribution in [0.5, 0.6) is 0 Å². The van der Waals surface area contributed by atoms with Crippen molar-refractivity contribution in [3.05, 3.63) is 16.6 Å². The number of aliphatic hydroxyl groups excluding tert-OH is 1. The van der Waals surface area contributed by atoms with E-state index < -0.39 is 0 Å². The van der Waals surface area contributed by atoms with Crippen LogP contribution in [0.4, 0.5) is 0 Å². The third-order valence-corrected chi connectivity index (χ3v) is 4.45. The average molecular weight is 282 g/mol. The normalized spacial score (nSPS) is 18.2. The molecule has 0 saturated heterocycles. The summed E-state index contributed by atoms with van der Waals surface area (Å²) in [5, 5.41) is 12.3. The number of nitrogens with zero attached hydrogens (tertiary/aromatic N) is 1. The Labute approximate surface area is 118 Å². The first-order valence-corrected chi connectivity index (χ1v) is 7.81. The van der Waals surface area contributed by atoms with Crippen molar-refractivity contribution < 1.29 is 9.90 Å². The summed E-state index contributed by atoms with van der Waals surface area (Å²) in [6, 6.07) is 1.65. The topological polar surface area (TPSA) is 62.2 Å². The Morgan fingerprint density at radius 2 is 2.26 bits per heavy atom. The average Bonchev–Trinajstić information content (AvgIpc) is 2.86. The summed E-state index contributed by atoms with van der Waals surface area (Å²) in [5.74, 6) is 0.475. The fraction of sp³-hybridized carbons (Fsp3) is 0.714. The number of nitrogens with one attached hydrogen (secondary N) is 1. The lowest BCUT2D eigenvalue weighted by molar-refractivity contribution is 0.0898. The highest BCUT2D eigenvalue weighted by atomic mass is 32.1. The van der Waals surface area contributed by atoms with Gasteiger partial charge in [0.25, 0.3) is 5.91 Å². The summed E-state index contributed by atoms with van der Waals surface area (Å²) in [6.45, 7) is 1.94. The number of aryl methyl sites for hydroxylation is 1. The van der Waals surface area contributed by atoms with E-state index in [2.05, 4.69) is 9.69 Å². The number of aromatic nitrogens is 1. The fourth-order valence-corrected chi connectivity index (χ4v) is 3.28. The Hall–Kier alpha value is -0.940. The first-order valence-electron chi connectivity index (χ1n) is 7.04. The van der Waals surface area contributed by atoms with Crippen LogP contribution in [0.3, 0.4) is 0 Å². The van der Waals surface area contributed by atoms with Crippen molar-refractivity contribution in [2.24, 2.45) is 5.92 Å². The molecule has 0 spiro atoms. The number of hydrogen-bond acceptors (Lipinski definition) is 4. The highest BCUT2D eigenvalue weighted by molar-refractivity contribution is 7.05. The van der Waals surface area contributed by atoms with Crippen molar-refractivity contribution in [1.29, 1.82) is 0 Å². The van der Waals surface area contributed by atoms with Gasteiger partial charge in [0, 0.05) is 4.88 Å². The minimum absolute atomic E-state index is 0.00532. The lowest BCUT2D eigenvalue weighted by Gasteiger charge is -2.25. The Morgan fingerprint density at radius 3 is 2.84 bits per heavy atom. The van der Waals surface area contributed by atoms with Gasteiger partial charge in [0.1, 0.15) is 5.69 Å². The first kappa shape index (κ1) is 14.5. The van der Waals surface area contributed by atoms with E-state index in [0.29, 0.717) is 11.6 Å². The molecule has 1 heterocycles. The lowest BCUT2D eigenvalue weighted by atomic mass is 9.85. The Balaban J connectivity index is 1.85. The van der Waals surface area contributed by atoms with Gasteiger partial charge in [-0.2, -0.15) is 4.37 Å². The van der Waals surface area contributed by atoms with Gasteiger partial charge in [-0.3, -0.25) is 4.79 Å². The molecule has 1 fully saturated rings. The maximum absolute atomic E-state index is 12.0. The molecule has 0 radical (unpaired) electrons. The Morgan fingerprint density at radius 1 is 1.53 bits per heavy atom. The van der Waals surface area contributed by atoms with E-state index in [1.54, 1.807) is 6.07 Å². The molecule has 0 aromatic carbocycles. The maximum atomic E-state index is 12.0. The lowest BCUT2D eigenvalue weighted by Crippen LogP contribution is -2.39. The molecule has 1 aromatic rings. The van der Waals surface area contributed by atoms with Crippen LogP contribution in [-0.2, 0) is 0 Å². The molecule has 19 heavy (non-hydrogen) atoms. The van der Waals surface area contributed by atoms with E-state index >= 15 is 0 Å². The smallest absolute Gasteiger partial charge is 0.271 e. The predicted molar refractivity (Wildman–Crippen MR) is 76.4 cm³/mol. The fourth-order valence-electron chi connectivity index (χ4n) is 2.74. The van der Waals surface area contributed by atoms with E-state index in [9.17, 15) is 9.90 Å². The van der Waals surface area contributed by atoms with Crippen LogP contribution >= 0.6 is 11.5 Å². The molecular weight excluding hydrogens is 260 g/mol. The summed E-state index contributed by atoms with van der Waals surface area (Å²) in [4.78, 5) is 13.0. The van der Waals surface area contributed by atoms with Crippen molar-refractivity contribution in [2.45, 2.75) is 51.5 Å². The van der Waals surface area contributed by atoms with Gasteiger partial charge >= 0.3 is 0 Å². The van der Waals surface area contributed by atoms with Crippen LogP contribution in [0.15, 0.2) is 6.07 Å². The van der Waals surface area contributed by atoms with Gasteiger partial charge in [-0.1, -0.05) is 32.1 Å². The largest absolute Gasteiger partial charge is 0.394 e. The van der Waals surface area contributed by atoms with Crippen molar-refractivity contribution in [3.63, 3.8) is 0 Å². The Kier molecular flexibility index (Phi) is 5.34. The summed E-state index contributed by atoms with van der Waals surface area (Å²) >= 11 is 1.33. The first-order chi connectivity index (χ1) is 9.19. The van der Waals surface area contributed by atoms with E-state index in [1.807, 2.05) is 6.92 Å². The number of aliphatic hydroxyl groups is 1. The molecule has 1 aromatic heterocycles. The minimum atomic E-state index is -0.167. The molecular formula is C14H22N2O2S. The van der Waals surface area contributed by atoms with Crippen LogP contribution in [0.2, 0.25) is 0 Å². The zero-order valence-electron chi connectivity index (χ0n) is 11.4. The van der Waals surface area contributed by atoms with E-state index in [1.165, 1.54) is 43.6 Å². The van der Waals surface area contributed by atoms with Gasteiger partial charge in [0.15, 0.2) is 0 Å². The summed E-state index contributed by atoms with van der Waals surface area (Å²) in [6.07, 6.45) is 7.21. The second kappa shape index (κ2) is 7.01. The number of amides is 1. The van der Waals surface area contributed by atoms with Gasteiger partial charge in [-0.25, -0.2) is 0 Å². The molecule has 2 rings (SSSR count). The van der Waals surface area contributed by atoms with Crippen LogP contribution in [0.25, 0.3) is 0 Å². The molecule has 0 bridgehead atoms. The molecule has 5 heteroatoms. The van der Waals surface area contributed by atoms with Crippen molar-refractivity contribution in [3.8, 4) is 0 Å². The van der Waals surface area contributed by atoms with Gasteiger partial charge in [0.2, 0.25) is 0 Å². The summed E-state index contributed by atoms with van der Waals surface area (Å²) in [7, 11) is 0. The standard InChI is InChI=1S/C14H22N2O2S/c1-10-7-13(16-19-10)14(18)15-12(9-17)8-11-5-3-2-4-6-11/h7,11-12,17H,2-6,8-9H2,1H3,(H,15,18). The van der Waals surface area contributed by atoms with Crippen molar-refractivity contribution in [1.82, 2.24) is 9.69 Å². The molecule has 1 saturated carbocycles. The second-order valence-corrected chi connectivity index (χ2v) is 6.42. The van der Waals surface area contributed by atoms with Crippen LogP contribution < -0.4 is 5.32 Å². The van der Waals surface area contributed by atoms with Crippen LogP contribution in [0, 0.1) is 12.8 Å². The van der Waals surface area contributed by atoms with Gasteiger partial charge in [-0.15, -0.1) is 0 Å². The Bertz CT molecular complexity index is 413. The molecule has 1 amide bonds. The molecule has 1 unspecified atom stereocenters. The summed E-state index contributed by atoms with van der Waals surface area (Å²) in [5.41, 5.74) is 0.463.